The average molecular weight is 464 g/mol. The number of aromatic nitrogens is 2. The van der Waals surface area contributed by atoms with Crippen LogP contribution in [0, 0.1) is 5.92 Å². The largest absolute Gasteiger partial charge is 0.357 e. The average Bonchev–Trinajstić information content (AvgIpc) is 3.01. The van der Waals surface area contributed by atoms with E-state index in [0.29, 0.717) is 36.0 Å². The molecule has 0 bridgehead atoms. The van der Waals surface area contributed by atoms with Crippen LogP contribution in [0.3, 0.4) is 0 Å². The molecular weight excluding hydrogens is 438 g/mol. The summed E-state index contributed by atoms with van der Waals surface area (Å²) in [5.41, 5.74) is 2.17. The lowest BCUT2D eigenvalue weighted by molar-refractivity contribution is -0.123. The minimum atomic E-state index is -0.264. The van der Waals surface area contributed by atoms with Gasteiger partial charge >= 0.3 is 0 Å². The summed E-state index contributed by atoms with van der Waals surface area (Å²) in [6.45, 7) is 2.44. The van der Waals surface area contributed by atoms with Crippen molar-refractivity contribution >= 4 is 46.1 Å². The maximum absolute atomic E-state index is 13.7. The summed E-state index contributed by atoms with van der Waals surface area (Å²) < 4.78 is 0. The molecule has 0 N–H and O–H groups in total. The number of carbonyl (C=O) groups excluding carboxylic acids is 2. The van der Waals surface area contributed by atoms with Gasteiger partial charge < -0.3 is 9.80 Å². The molecule has 5 rings (SSSR count). The highest BCUT2D eigenvalue weighted by molar-refractivity contribution is 6.30. The van der Waals surface area contributed by atoms with Crippen LogP contribution in [0.5, 0.6) is 0 Å². The third kappa shape index (κ3) is 4.25. The molecule has 8 heteroatoms. The Morgan fingerprint density at radius 3 is 2.33 bits per heavy atom. The Bertz CT molecular complexity index is 1200. The number of para-hydroxylation sites is 2. The van der Waals surface area contributed by atoms with Gasteiger partial charge in [-0.25, -0.2) is 9.97 Å². The lowest BCUT2D eigenvalue weighted by Crippen LogP contribution is -2.47. The molecule has 1 saturated heterocycles. The van der Waals surface area contributed by atoms with Gasteiger partial charge in [0.05, 0.1) is 17.0 Å². The van der Waals surface area contributed by atoms with Gasteiger partial charge in [0.25, 0.3) is 5.91 Å². The fourth-order valence-electron chi connectivity index (χ4n) is 4.67. The monoisotopic (exact) mass is 463 g/mol. The Morgan fingerprint density at radius 2 is 1.61 bits per heavy atom. The second kappa shape index (κ2) is 8.98. The summed E-state index contributed by atoms with van der Waals surface area (Å²) in [5, 5.41) is 0.594. The summed E-state index contributed by atoms with van der Waals surface area (Å²) in [6.07, 6.45) is 2.38. The number of halogens is 1. The van der Waals surface area contributed by atoms with Crippen molar-refractivity contribution in [2.45, 2.75) is 19.3 Å². The lowest BCUT2D eigenvalue weighted by Gasteiger charge is -2.34. The van der Waals surface area contributed by atoms with Crippen LogP contribution < -0.4 is 9.80 Å². The summed E-state index contributed by atoms with van der Waals surface area (Å²) in [4.78, 5) is 42.1. The molecule has 170 valence electrons. The molecule has 2 aliphatic heterocycles. The van der Waals surface area contributed by atoms with E-state index in [2.05, 4.69) is 4.90 Å². The molecule has 7 nitrogen and oxygen atoms in total. The molecule has 33 heavy (non-hydrogen) atoms. The van der Waals surface area contributed by atoms with Gasteiger partial charge in [0.15, 0.2) is 11.6 Å². The molecule has 1 atom stereocenters. The zero-order chi connectivity index (χ0) is 22.9. The molecular formula is C25H26ClN5O2. The van der Waals surface area contributed by atoms with Crippen molar-refractivity contribution in [3.05, 3.63) is 59.1 Å². The number of rotatable bonds is 2. The van der Waals surface area contributed by atoms with Gasteiger partial charge in [-0.05, 0) is 55.7 Å². The third-order valence-electron chi connectivity index (χ3n) is 6.44. The first kappa shape index (κ1) is 21.6. The van der Waals surface area contributed by atoms with Crippen LogP contribution in [-0.2, 0) is 4.79 Å². The molecule has 3 heterocycles. The first-order chi connectivity index (χ1) is 16.0. The number of anilines is 2. The Kier molecular flexibility index (Phi) is 5.89. The van der Waals surface area contributed by atoms with Gasteiger partial charge in [0.1, 0.15) is 0 Å². The maximum Gasteiger partial charge on any atom is 0.253 e. The molecule has 1 fully saturated rings. The summed E-state index contributed by atoms with van der Waals surface area (Å²) in [7, 11) is 1.99. The zero-order valence-corrected chi connectivity index (χ0v) is 19.3. The number of carbonyl (C=O) groups is 2. The Balaban J connectivity index is 1.41. The molecule has 0 saturated carbocycles. The highest BCUT2D eigenvalue weighted by Crippen LogP contribution is 2.32. The minimum absolute atomic E-state index is 0.0183. The van der Waals surface area contributed by atoms with E-state index >= 15 is 0 Å². The van der Waals surface area contributed by atoms with Crippen molar-refractivity contribution < 1.29 is 9.59 Å². The van der Waals surface area contributed by atoms with Crippen molar-refractivity contribution in [1.29, 1.82) is 0 Å². The van der Waals surface area contributed by atoms with Crippen LogP contribution in [0.4, 0.5) is 11.6 Å². The van der Waals surface area contributed by atoms with E-state index in [0.717, 1.165) is 42.7 Å². The topological polar surface area (TPSA) is 69.6 Å². The fraction of sp³-hybridized carbons (Fsp3) is 0.360. The molecule has 0 spiro atoms. The molecule has 2 aromatic carbocycles. The summed E-state index contributed by atoms with van der Waals surface area (Å²) in [6, 6.07) is 14.6. The lowest BCUT2D eigenvalue weighted by atomic mass is 9.95. The van der Waals surface area contributed by atoms with E-state index in [9.17, 15) is 9.59 Å². The van der Waals surface area contributed by atoms with Crippen LogP contribution in [0.1, 0.15) is 29.6 Å². The predicted octanol–water partition coefficient (Wildman–Crippen LogP) is 4.01. The number of amides is 2. The van der Waals surface area contributed by atoms with Crippen molar-refractivity contribution in [2.24, 2.45) is 5.92 Å². The third-order valence-corrected chi connectivity index (χ3v) is 6.69. The van der Waals surface area contributed by atoms with Crippen LogP contribution in [0.2, 0.25) is 5.02 Å². The number of likely N-dealkylation sites (tertiary alicyclic amines) is 1. The Hall–Kier alpha value is -3.19. The van der Waals surface area contributed by atoms with Crippen molar-refractivity contribution in [1.82, 2.24) is 14.9 Å². The molecule has 1 aromatic heterocycles. The number of hydrogen-bond acceptors (Lipinski definition) is 5. The highest BCUT2D eigenvalue weighted by atomic mass is 35.5. The Morgan fingerprint density at radius 1 is 0.909 bits per heavy atom. The van der Waals surface area contributed by atoms with Crippen LogP contribution in [0.15, 0.2) is 48.5 Å². The SMILES string of the molecule is CN1CCCN(C(=O)C2CCCN(C(=O)c3ccc(Cl)cc3)C2)c2nc3ccccc3nc21. The molecule has 3 aromatic rings. The van der Waals surface area contributed by atoms with Gasteiger partial charge in [-0.3, -0.25) is 14.5 Å². The normalized spacial score (nSPS) is 18.7. The molecule has 2 amide bonds. The van der Waals surface area contributed by atoms with Crippen molar-refractivity contribution in [2.75, 3.05) is 43.0 Å². The zero-order valence-electron chi connectivity index (χ0n) is 18.6. The van der Waals surface area contributed by atoms with Gasteiger partial charge in [-0.1, -0.05) is 23.7 Å². The van der Waals surface area contributed by atoms with Crippen molar-refractivity contribution in [3.63, 3.8) is 0 Å². The van der Waals surface area contributed by atoms with E-state index < -0.39 is 0 Å². The smallest absolute Gasteiger partial charge is 0.253 e. The van der Waals surface area contributed by atoms with E-state index in [4.69, 9.17) is 21.6 Å². The van der Waals surface area contributed by atoms with E-state index in [1.54, 1.807) is 34.1 Å². The van der Waals surface area contributed by atoms with E-state index in [1.807, 2.05) is 31.3 Å². The second-order valence-corrected chi connectivity index (χ2v) is 9.16. The molecule has 1 unspecified atom stereocenters. The summed E-state index contributed by atoms with van der Waals surface area (Å²) >= 11 is 5.96. The number of benzene rings is 2. The van der Waals surface area contributed by atoms with Gasteiger partial charge in [0, 0.05) is 43.8 Å². The quantitative estimate of drug-likeness (QED) is 0.574. The number of piperidine rings is 1. The number of fused-ring (bicyclic) bond motifs is 2. The standard InChI is InChI=1S/C25H26ClN5O2/c1-29-13-5-15-31(23-22(29)27-20-7-2-3-8-21(20)28-23)25(33)18-6-4-14-30(16-18)24(32)17-9-11-19(26)12-10-17/h2-3,7-12,18H,4-6,13-16H2,1H3. The van der Waals surface area contributed by atoms with E-state index in [-0.39, 0.29) is 17.7 Å². The van der Waals surface area contributed by atoms with Gasteiger partial charge in [-0.15, -0.1) is 0 Å². The van der Waals surface area contributed by atoms with Gasteiger partial charge in [-0.2, -0.15) is 0 Å². The predicted molar refractivity (Wildman–Crippen MR) is 130 cm³/mol. The van der Waals surface area contributed by atoms with Crippen LogP contribution >= 0.6 is 11.6 Å². The molecule has 0 aliphatic carbocycles. The fourth-order valence-corrected chi connectivity index (χ4v) is 4.80. The number of hydrogen-bond donors (Lipinski definition) is 0. The van der Waals surface area contributed by atoms with E-state index in [1.165, 1.54) is 0 Å². The summed E-state index contributed by atoms with van der Waals surface area (Å²) in [5.74, 6) is 1.03. The molecule has 2 aliphatic rings. The van der Waals surface area contributed by atoms with Crippen LogP contribution in [-0.4, -0.2) is 59.9 Å². The second-order valence-electron chi connectivity index (χ2n) is 8.72. The van der Waals surface area contributed by atoms with Crippen molar-refractivity contribution in [3.8, 4) is 0 Å². The number of nitrogens with zero attached hydrogens (tertiary/aromatic N) is 5. The Labute approximate surface area is 198 Å². The first-order valence-corrected chi connectivity index (χ1v) is 11.7. The first-order valence-electron chi connectivity index (χ1n) is 11.4. The highest BCUT2D eigenvalue weighted by Gasteiger charge is 2.35. The van der Waals surface area contributed by atoms with Gasteiger partial charge in [0.2, 0.25) is 5.91 Å². The van der Waals surface area contributed by atoms with Crippen LogP contribution in [0.25, 0.3) is 11.0 Å². The maximum atomic E-state index is 13.7. The molecule has 0 radical (unpaired) electrons. The minimum Gasteiger partial charge on any atom is -0.357 e.